The van der Waals surface area contributed by atoms with E-state index in [-0.39, 0.29) is 4.90 Å². The Bertz CT molecular complexity index is 1160. The molecule has 0 unspecified atom stereocenters. The highest BCUT2D eigenvalue weighted by Gasteiger charge is 2.53. The second-order valence-corrected chi connectivity index (χ2v) is 10.0. The van der Waals surface area contributed by atoms with Crippen LogP contribution in [-0.2, 0) is 14.6 Å². The summed E-state index contributed by atoms with van der Waals surface area (Å²) in [5, 5.41) is 6.92. The summed E-state index contributed by atoms with van der Waals surface area (Å²) in [5.74, 6) is 0.117. The van der Waals surface area contributed by atoms with Crippen molar-refractivity contribution in [2.24, 2.45) is 0 Å². The first-order valence-corrected chi connectivity index (χ1v) is 11.4. The number of amides is 1. The van der Waals surface area contributed by atoms with Gasteiger partial charge in [-0.25, -0.2) is 18.1 Å². The summed E-state index contributed by atoms with van der Waals surface area (Å²) >= 11 is 0. The lowest BCUT2D eigenvalue weighted by Gasteiger charge is -2.28. The largest absolute Gasteiger partial charge is 0.323 e. The highest BCUT2D eigenvalue weighted by atomic mass is 32.2. The molecule has 3 aromatic rings. The fourth-order valence-corrected chi connectivity index (χ4v) is 6.39. The van der Waals surface area contributed by atoms with E-state index >= 15 is 0 Å². The van der Waals surface area contributed by atoms with E-state index in [1.54, 1.807) is 54.3 Å². The third-order valence-corrected chi connectivity index (χ3v) is 8.36. The van der Waals surface area contributed by atoms with Crippen LogP contribution in [0, 0.1) is 13.8 Å². The summed E-state index contributed by atoms with van der Waals surface area (Å²) < 4.78 is 27.5. The second-order valence-electron chi connectivity index (χ2n) is 7.78. The van der Waals surface area contributed by atoms with Gasteiger partial charge in [0.2, 0.25) is 5.91 Å². The number of rotatable bonds is 5. The van der Waals surface area contributed by atoms with Gasteiger partial charge in [0.25, 0.3) is 0 Å². The Morgan fingerprint density at radius 2 is 1.90 bits per heavy atom. The van der Waals surface area contributed by atoms with Gasteiger partial charge in [0.15, 0.2) is 20.4 Å². The van der Waals surface area contributed by atoms with Gasteiger partial charge in [-0.15, -0.1) is 0 Å². The minimum Gasteiger partial charge on any atom is -0.323 e. The first-order chi connectivity index (χ1) is 14.3. The maximum Gasteiger partial charge on any atom is 0.246 e. The van der Waals surface area contributed by atoms with Crippen molar-refractivity contribution in [2.45, 2.75) is 49.2 Å². The van der Waals surface area contributed by atoms with Crippen molar-refractivity contribution in [3.8, 4) is 5.82 Å². The van der Waals surface area contributed by atoms with E-state index < -0.39 is 20.5 Å². The highest BCUT2D eigenvalue weighted by molar-refractivity contribution is 7.93. The lowest BCUT2D eigenvalue weighted by molar-refractivity contribution is -0.118. The van der Waals surface area contributed by atoms with Crippen LogP contribution in [0.1, 0.15) is 36.8 Å². The molecule has 0 bridgehead atoms. The van der Waals surface area contributed by atoms with Gasteiger partial charge in [-0.3, -0.25) is 4.79 Å². The molecular weight excluding hydrogens is 400 g/mol. The molecule has 0 aliphatic heterocycles. The van der Waals surface area contributed by atoms with Crippen molar-refractivity contribution >= 4 is 21.4 Å². The zero-order valence-electron chi connectivity index (χ0n) is 17.0. The van der Waals surface area contributed by atoms with E-state index in [4.69, 9.17) is 0 Å². The lowest BCUT2D eigenvalue weighted by Crippen LogP contribution is -2.47. The highest BCUT2D eigenvalue weighted by Crippen LogP contribution is 2.42. The summed E-state index contributed by atoms with van der Waals surface area (Å²) in [6.45, 7) is 3.62. The summed E-state index contributed by atoms with van der Waals surface area (Å²) in [6, 6.07) is 10.6. The minimum absolute atomic E-state index is 0.242. The Hall–Kier alpha value is -3.00. The second kappa shape index (κ2) is 7.68. The molecule has 156 valence electrons. The molecule has 1 aliphatic carbocycles. The van der Waals surface area contributed by atoms with E-state index in [0.29, 0.717) is 42.8 Å². The van der Waals surface area contributed by atoms with Gasteiger partial charge in [-0.1, -0.05) is 25.0 Å². The molecule has 1 N–H and O–H groups in total. The zero-order chi connectivity index (χ0) is 21.4. The monoisotopic (exact) mass is 424 g/mol. The molecule has 7 nitrogen and oxygen atoms in total. The van der Waals surface area contributed by atoms with Gasteiger partial charge in [0, 0.05) is 12.4 Å². The molecule has 8 heteroatoms. The SMILES string of the molecule is Cc1ccc(C)c(S(=O)(=O)C2(C(=O)Nc3ccc(-n4cccn4)nc3)CCCC2)c1. The fraction of sp³-hybridized carbons (Fsp3) is 0.318. The van der Waals surface area contributed by atoms with Crippen molar-refractivity contribution in [1.29, 1.82) is 0 Å². The summed E-state index contributed by atoms with van der Waals surface area (Å²) in [5.41, 5.74) is 1.97. The standard InChI is InChI=1S/C22H24N4O3S/c1-16-6-7-17(2)19(14-16)30(28,29)22(10-3-4-11-22)21(27)25-18-8-9-20(23-15-18)26-13-5-12-24-26/h5-9,12-15H,3-4,10-11H2,1-2H3,(H,25,27). The number of hydrogen-bond acceptors (Lipinski definition) is 5. The van der Waals surface area contributed by atoms with Gasteiger partial charge >= 0.3 is 0 Å². The normalized spacial score (nSPS) is 15.8. The van der Waals surface area contributed by atoms with Gasteiger partial charge in [-0.05, 0) is 62.1 Å². The number of anilines is 1. The third kappa shape index (κ3) is 3.41. The number of carbonyl (C=O) groups excluding carboxylic acids is 1. The summed E-state index contributed by atoms with van der Waals surface area (Å²) in [6.07, 6.45) is 6.97. The number of aryl methyl sites for hydroxylation is 2. The Labute approximate surface area is 176 Å². The number of sulfone groups is 1. The van der Waals surface area contributed by atoms with E-state index in [2.05, 4.69) is 15.4 Å². The molecule has 30 heavy (non-hydrogen) atoms. The number of benzene rings is 1. The molecule has 4 rings (SSSR count). The predicted octanol–water partition coefficient (Wildman–Crippen LogP) is 3.61. The molecule has 2 heterocycles. The van der Waals surface area contributed by atoms with E-state index in [1.807, 2.05) is 13.0 Å². The fourth-order valence-electron chi connectivity index (χ4n) is 4.02. The van der Waals surface area contributed by atoms with Crippen LogP contribution in [0.25, 0.3) is 5.82 Å². The molecule has 1 amide bonds. The van der Waals surface area contributed by atoms with Crippen LogP contribution in [0.3, 0.4) is 0 Å². The molecule has 0 spiro atoms. The zero-order valence-corrected chi connectivity index (χ0v) is 17.8. The van der Waals surface area contributed by atoms with Gasteiger partial charge in [0.05, 0.1) is 16.8 Å². The summed E-state index contributed by atoms with van der Waals surface area (Å²) in [4.78, 5) is 17.9. The number of carbonyl (C=O) groups is 1. The van der Waals surface area contributed by atoms with Crippen LogP contribution in [-0.4, -0.2) is 33.8 Å². The van der Waals surface area contributed by atoms with E-state index in [1.165, 1.54) is 6.20 Å². The van der Waals surface area contributed by atoms with Gasteiger partial charge in [-0.2, -0.15) is 5.10 Å². The molecule has 0 atom stereocenters. The number of nitrogens with one attached hydrogen (secondary N) is 1. The Morgan fingerprint density at radius 1 is 1.13 bits per heavy atom. The topological polar surface area (TPSA) is 94.0 Å². The number of pyridine rings is 1. The van der Waals surface area contributed by atoms with Crippen molar-refractivity contribution in [3.63, 3.8) is 0 Å². The number of aromatic nitrogens is 3. The molecular formula is C22H24N4O3S. The Morgan fingerprint density at radius 3 is 2.53 bits per heavy atom. The van der Waals surface area contributed by atoms with Crippen LogP contribution in [0.4, 0.5) is 5.69 Å². The van der Waals surface area contributed by atoms with Crippen LogP contribution in [0.2, 0.25) is 0 Å². The number of nitrogens with zero attached hydrogens (tertiary/aromatic N) is 3. The molecule has 1 aliphatic rings. The van der Waals surface area contributed by atoms with Crippen molar-refractivity contribution in [3.05, 3.63) is 66.1 Å². The molecule has 1 saturated carbocycles. The third-order valence-electron chi connectivity index (χ3n) is 5.72. The van der Waals surface area contributed by atoms with Crippen LogP contribution >= 0.6 is 0 Å². The van der Waals surface area contributed by atoms with Gasteiger partial charge < -0.3 is 5.32 Å². The molecule has 2 aromatic heterocycles. The maximum atomic E-state index is 13.7. The average molecular weight is 425 g/mol. The van der Waals surface area contributed by atoms with E-state index in [9.17, 15) is 13.2 Å². The Balaban J connectivity index is 1.65. The van der Waals surface area contributed by atoms with Crippen molar-refractivity contribution < 1.29 is 13.2 Å². The van der Waals surface area contributed by atoms with E-state index in [0.717, 1.165) is 5.56 Å². The molecule has 0 radical (unpaired) electrons. The molecule has 1 fully saturated rings. The first-order valence-electron chi connectivity index (χ1n) is 9.93. The molecule has 1 aromatic carbocycles. The van der Waals surface area contributed by atoms with Crippen LogP contribution in [0.5, 0.6) is 0 Å². The first kappa shape index (κ1) is 20.3. The maximum absolute atomic E-state index is 13.7. The molecule has 0 saturated heterocycles. The van der Waals surface area contributed by atoms with Gasteiger partial charge in [0.1, 0.15) is 0 Å². The average Bonchev–Trinajstić information content (AvgIpc) is 3.43. The minimum atomic E-state index is -3.86. The predicted molar refractivity (Wildman–Crippen MR) is 114 cm³/mol. The summed E-state index contributed by atoms with van der Waals surface area (Å²) in [7, 11) is -3.86. The van der Waals surface area contributed by atoms with Crippen LogP contribution < -0.4 is 5.32 Å². The quantitative estimate of drug-likeness (QED) is 0.675. The van der Waals surface area contributed by atoms with Crippen molar-refractivity contribution in [2.75, 3.05) is 5.32 Å². The lowest BCUT2D eigenvalue weighted by atomic mass is 10.1. The smallest absolute Gasteiger partial charge is 0.246 e. The van der Waals surface area contributed by atoms with Crippen molar-refractivity contribution in [1.82, 2.24) is 14.8 Å². The Kier molecular flexibility index (Phi) is 5.19. The number of hydrogen-bond donors (Lipinski definition) is 1. The van der Waals surface area contributed by atoms with Crippen LogP contribution in [0.15, 0.2) is 59.9 Å².